The third kappa shape index (κ3) is 2.76. The lowest BCUT2D eigenvalue weighted by Gasteiger charge is -2.14. The summed E-state index contributed by atoms with van der Waals surface area (Å²) in [6.07, 6.45) is -6.83. The van der Waals surface area contributed by atoms with Gasteiger partial charge in [0.15, 0.2) is 6.10 Å². The molecular formula is C9H12BrF3N2O. The summed E-state index contributed by atoms with van der Waals surface area (Å²) in [4.78, 5) is 0. The van der Waals surface area contributed by atoms with Crippen molar-refractivity contribution in [2.45, 2.75) is 32.0 Å². The maximum absolute atomic E-state index is 12.2. The highest BCUT2D eigenvalue weighted by Crippen LogP contribution is 2.27. The quantitative estimate of drug-likeness (QED) is 0.929. The van der Waals surface area contributed by atoms with Gasteiger partial charge in [-0.25, -0.2) is 0 Å². The van der Waals surface area contributed by atoms with Crippen molar-refractivity contribution >= 4 is 15.9 Å². The molecule has 0 saturated heterocycles. The van der Waals surface area contributed by atoms with Crippen LogP contribution in [0.4, 0.5) is 13.2 Å². The highest BCUT2D eigenvalue weighted by molar-refractivity contribution is 9.10. The standard InChI is InChI=1S/C9H12BrF3N2O/c1-3-5-8(10)6(15(2)14-5)4-7(16)9(11,12)13/h7,16H,3-4H2,1-2H3/t7-/m0/s1. The van der Waals surface area contributed by atoms with Crippen LogP contribution in [-0.2, 0) is 19.9 Å². The molecule has 1 aromatic heterocycles. The first kappa shape index (κ1) is 13.5. The number of nitrogens with zero attached hydrogens (tertiary/aromatic N) is 2. The number of halogens is 4. The first-order valence-corrected chi connectivity index (χ1v) is 5.51. The van der Waals surface area contributed by atoms with Crippen molar-refractivity contribution < 1.29 is 18.3 Å². The fourth-order valence-corrected chi connectivity index (χ4v) is 2.12. The molecule has 0 unspecified atom stereocenters. The van der Waals surface area contributed by atoms with Crippen LogP contribution in [0.1, 0.15) is 18.3 Å². The summed E-state index contributed by atoms with van der Waals surface area (Å²) in [7, 11) is 1.56. The Hall–Kier alpha value is -0.560. The molecule has 3 nitrogen and oxygen atoms in total. The number of hydrogen-bond donors (Lipinski definition) is 1. The van der Waals surface area contributed by atoms with Gasteiger partial charge in [0.2, 0.25) is 0 Å². The fraction of sp³-hybridized carbons (Fsp3) is 0.667. The Balaban J connectivity index is 2.93. The molecule has 1 heterocycles. The van der Waals surface area contributed by atoms with Gasteiger partial charge in [-0.1, -0.05) is 6.92 Å². The Morgan fingerprint density at radius 2 is 2.06 bits per heavy atom. The normalized spacial score (nSPS) is 14.2. The average Bonchev–Trinajstić information content (AvgIpc) is 2.43. The molecule has 1 N–H and O–H groups in total. The number of alkyl halides is 3. The van der Waals surface area contributed by atoms with Crippen LogP contribution < -0.4 is 0 Å². The number of aliphatic hydroxyl groups excluding tert-OH is 1. The molecule has 1 aromatic rings. The van der Waals surface area contributed by atoms with E-state index in [2.05, 4.69) is 21.0 Å². The monoisotopic (exact) mass is 300 g/mol. The first-order chi connectivity index (χ1) is 7.27. The maximum Gasteiger partial charge on any atom is 0.414 e. The van der Waals surface area contributed by atoms with E-state index in [1.165, 1.54) is 4.68 Å². The molecule has 0 spiro atoms. The minimum absolute atomic E-state index is 0.349. The number of hydrogen-bond acceptors (Lipinski definition) is 2. The second-order valence-corrected chi connectivity index (χ2v) is 4.24. The lowest BCUT2D eigenvalue weighted by Crippen LogP contribution is -2.31. The molecule has 1 atom stereocenters. The van der Waals surface area contributed by atoms with Gasteiger partial charge in [0.05, 0.1) is 15.9 Å². The van der Waals surface area contributed by atoms with E-state index >= 15 is 0 Å². The van der Waals surface area contributed by atoms with Gasteiger partial charge < -0.3 is 5.11 Å². The molecule has 0 aromatic carbocycles. The minimum atomic E-state index is -4.60. The van der Waals surface area contributed by atoms with E-state index < -0.39 is 18.7 Å². The molecule has 0 amide bonds. The summed E-state index contributed by atoms with van der Waals surface area (Å²) >= 11 is 3.20. The molecule has 0 saturated carbocycles. The Morgan fingerprint density at radius 1 is 1.50 bits per heavy atom. The van der Waals surface area contributed by atoms with Crippen LogP contribution in [0.5, 0.6) is 0 Å². The van der Waals surface area contributed by atoms with E-state index in [9.17, 15) is 13.2 Å². The Morgan fingerprint density at radius 3 is 2.44 bits per heavy atom. The van der Waals surface area contributed by atoms with Crippen molar-refractivity contribution in [2.24, 2.45) is 7.05 Å². The summed E-state index contributed by atoms with van der Waals surface area (Å²) in [6.45, 7) is 1.86. The lowest BCUT2D eigenvalue weighted by molar-refractivity contribution is -0.203. The van der Waals surface area contributed by atoms with Crippen molar-refractivity contribution in [3.05, 3.63) is 15.9 Å². The van der Waals surface area contributed by atoms with Gasteiger partial charge in [0.1, 0.15) is 0 Å². The average molecular weight is 301 g/mol. The van der Waals surface area contributed by atoms with Gasteiger partial charge in [0, 0.05) is 13.5 Å². The van der Waals surface area contributed by atoms with Crippen molar-refractivity contribution in [2.75, 3.05) is 0 Å². The van der Waals surface area contributed by atoms with E-state index in [0.29, 0.717) is 22.3 Å². The van der Waals surface area contributed by atoms with Gasteiger partial charge in [-0.15, -0.1) is 0 Å². The zero-order valence-corrected chi connectivity index (χ0v) is 10.4. The third-order valence-corrected chi connectivity index (χ3v) is 3.18. The van der Waals surface area contributed by atoms with E-state index in [1.807, 2.05) is 6.92 Å². The smallest absolute Gasteiger partial charge is 0.383 e. The molecule has 7 heteroatoms. The zero-order chi connectivity index (χ0) is 12.5. The third-order valence-electron chi connectivity index (χ3n) is 2.27. The number of aryl methyl sites for hydroxylation is 2. The molecule has 0 bridgehead atoms. The number of rotatable bonds is 3. The highest BCUT2D eigenvalue weighted by atomic mass is 79.9. The zero-order valence-electron chi connectivity index (χ0n) is 8.85. The van der Waals surface area contributed by atoms with E-state index in [0.717, 1.165) is 0 Å². The Labute approximate surface area is 99.4 Å². The van der Waals surface area contributed by atoms with Crippen molar-refractivity contribution in [3.8, 4) is 0 Å². The van der Waals surface area contributed by atoms with Gasteiger partial charge in [-0.2, -0.15) is 18.3 Å². The minimum Gasteiger partial charge on any atom is -0.383 e. The molecule has 16 heavy (non-hydrogen) atoms. The maximum atomic E-state index is 12.2. The molecule has 0 aliphatic carbocycles. The first-order valence-electron chi connectivity index (χ1n) is 4.72. The van der Waals surface area contributed by atoms with Gasteiger partial charge in [0.25, 0.3) is 0 Å². The predicted octanol–water partition coefficient (Wildman–Crippen LogP) is 2.21. The van der Waals surface area contributed by atoms with Gasteiger partial charge in [-0.3, -0.25) is 4.68 Å². The van der Waals surface area contributed by atoms with Crippen LogP contribution in [0.15, 0.2) is 4.47 Å². The fourth-order valence-electron chi connectivity index (χ4n) is 1.34. The summed E-state index contributed by atoms with van der Waals surface area (Å²) in [5.74, 6) is 0. The molecule has 0 aliphatic rings. The molecule has 0 fully saturated rings. The van der Waals surface area contributed by atoms with Crippen LogP contribution >= 0.6 is 15.9 Å². The molecule has 92 valence electrons. The topological polar surface area (TPSA) is 38.0 Å². The van der Waals surface area contributed by atoms with Gasteiger partial charge in [-0.05, 0) is 22.4 Å². The molecule has 0 aliphatic heterocycles. The summed E-state index contributed by atoms with van der Waals surface area (Å²) < 4.78 is 38.5. The molecular weight excluding hydrogens is 289 g/mol. The second kappa shape index (κ2) is 4.75. The predicted molar refractivity (Wildman–Crippen MR) is 56.1 cm³/mol. The van der Waals surface area contributed by atoms with Crippen molar-refractivity contribution in [1.29, 1.82) is 0 Å². The molecule has 1 rings (SSSR count). The van der Waals surface area contributed by atoms with Gasteiger partial charge >= 0.3 is 6.18 Å². The van der Waals surface area contributed by atoms with E-state index in [4.69, 9.17) is 5.11 Å². The largest absolute Gasteiger partial charge is 0.414 e. The lowest BCUT2D eigenvalue weighted by atomic mass is 10.1. The number of aromatic nitrogens is 2. The number of aliphatic hydroxyl groups is 1. The van der Waals surface area contributed by atoms with Crippen molar-refractivity contribution in [1.82, 2.24) is 9.78 Å². The Kier molecular flexibility index (Phi) is 4.01. The van der Waals surface area contributed by atoms with Crippen LogP contribution in [0.2, 0.25) is 0 Å². The highest BCUT2D eigenvalue weighted by Gasteiger charge is 2.39. The van der Waals surface area contributed by atoms with Crippen LogP contribution in [-0.4, -0.2) is 27.2 Å². The summed E-state index contributed by atoms with van der Waals surface area (Å²) in [5.41, 5.74) is 1.04. The second-order valence-electron chi connectivity index (χ2n) is 3.45. The van der Waals surface area contributed by atoms with Crippen LogP contribution in [0.3, 0.4) is 0 Å². The molecule has 0 radical (unpaired) electrons. The van der Waals surface area contributed by atoms with Crippen molar-refractivity contribution in [3.63, 3.8) is 0 Å². The Bertz CT molecular complexity index is 376. The summed E-state index contributed by atoms with van der Waals surface area (Å²) in [5, 5.41) is 13.0. The SMILES string of the molecule is CCc1nn(C)c(C[C@H](O)C(F)(F)F)c1Br. The van der Waals surface area contributed by atoms with Crippen LogP contribution in [0, 0.1) is 0 Å². The van der Waals surface area contributed by atoms with E-state index in [1.54, 1.807) is 7.05 Å². The van der Waals surface area contributed by atoms with Crippen LogP contribution in [0.25, 0.3) is 0 Å². The van der Waals surface area contributed by atoms with E-state index in [-0.39, 0.29) is 0 Å². The summed E-state index contributed by atoms with van der Waals surface area (Å²) in [6, 6.07) is 0.